The van der Waals surface area contributed by atoms with Crippen LogP contribution in [0.15, 0.2) is 36.3 Å². The van der Waals surface area contributed by atoms with Crippen molar-refractivity contribution < 1.29 is 14.3 Å². The summed E-state index contributed by atoms with van der Waals surface area (Å²) in [6.45, 7) is 5.62. The maximum atomic E-state index is 12.8. The van der Waals surface area contributed by atoms with E-state index >= 15 is 0 Å². The van der Waals surface area contributed by atoms with E-state index in [2.05, 4.69) is 32.0 Å². The standard InChI is InChI=1S/C22H23N7O3/c1-3-29-15-7-5-4-6-14(15)26-20(29)13(8-23)18-12(2)9-25-22(27-18)28-21(30)19-16-10-24-11-17(31-16)32-19/h4-7,9,16-17,19,24,26H,3,10-11H2,1-2H3,(H,25,27,28,30)/b20-13+/t16-,17-,19-/m1/s1. The molecule has 1 amide bonds. The van der Waals surface area contributed by atoms with Gasteiger partial charge in [-0.3, -0.25) is 10.1 Å². The van der Waals surface area contributed by atoms with Gasteiger partial charge in [0, 0.05) is 25.8 Å². The molecule has 4 heterocycles. The predicted molar refractivity (Wildman–Crippen MR) is 117 cm³/mol. The summed E-state index contributed by atoms with van der Waals surface area (Å²) in [4.78, 5) is 23.6. The van der Waals surface area contributed by atoms with Crippen LogP contribution in [0.4, 0.5) is 17.3 Å². The second-order valence-electron chi connectivity index (χ2n) is 7.76. The Morgan fingerprint density at radius 3 is 2.97 bits per heavy atom. The molecule has 10 nitrogen and oxygen atoms in total. The number of allylic oxidation sites excluding steroid dienone is 1. The van der Waals surface area contributed by atoms with Crippen LogP contribution in [0.1, 0.15) is 18.2 Å². The van der Waals surface area contributed by atoms with Crippen molar-refractivity contribution in [3.05, 3.63) is 47.5 Å². The molecule has 0 spiro atoms. The number of anilines is 3. The van der Waals surface area contributed by atoms with E-state index in [1.807, 2.05) is 43.0 Å². The van der Waals surface area contributed by atoms with Gasteiger partial charge >= 0.3 is 0 Å². The number of nitrogens with zero attached hydrogens (tertiary/aromatic N) is 4. The summed E-state index contributed by atoms with van der Waals surface area (Å²) in [6.07, 6.45) is 0.0812. The van der Waals surface area contributed by atoms with Crippen molar-refractivity contribution in [1.82, 2.24) is 15.3 Å². The number of aryl methyl sites for hydroxylation is 1. The number of hydrogen-bond acceptors (Lipinski definition) is 9. The molecule has 2 bridgehead atoms. The van der Waals surface area contributed by atoms with E-state index < -0.39 is 12.4 Å². The zero-order chi connectivity index (χ0) is 22.2. The molecule has 10 heteroatoms. The molecule has 1 aromatic carbocycles. The third kappa shape index (κ3) is 3.46. The smallest absolute Gasteiger partial charge is 0.258 e. The van der Waals surface area contributed by atoms with Gasteiger partial charge < -0.3 is 25.0 Å². The summed E-state index contributed by atoms with van der Waals surface area (Å²) in [6, 6.07) is 10.2. The Labute approximate surface area is 185 Å². The number of ether oxygens (including phenoxy) is 2. The number of morpholine rings is 1. The van der Waals surface area contributed by atoms with Crippen LogP contribution in [0.2, 0.25) is 0 Å². The molecule has 1 aromatic heterocycles. The number of fused-ring (bicyclic) bond motifs is 3. The molecule has 2 fully saturated rings. The fourth-order valence-electron chi connectivity index (χ4n) is 4.19. The first kappa shape index (κ1) is 20.4. The van der Waals surface area contributed by atoms with Crippen molar-refractivity contribution in [3.8, 4) is 6.07 Å². The highest BCUT2D eigenvalue weighted by Crippen LogP contribution is 2.38. The molecule has 0 radical (unpaired) electrons. The highest BCUT2D eigenvalue weighted by atomic mass is 16.7. The number of para-hydroxylation sites is 2. The highest BCUT2D eigenvalue weighted by Gasteiger charge is 2.43. The molecule has 0 unspecified atom stereocenters. The van der Waals surface area contributed by atoms with Crippen LogP contribution in [-0.2, 0) is 14.3 Å². The number of carbonyl (C=O) groups is 1. The number of carbonyl (C=O) groups excluding carboxylic acids is 1. The van der Waals surface area contributed by atoms with Gasteiger partial charge in [0.1, 0.15) is 23.6 Å². The number of benzene rings is 1. The molecule has 2 aromatic rings. The minimum Gasteiger partial charge on any atom is -0.343 e. The van der Waals surface area contributed by atoms with Crippen molar-refractivity contribution in [3.63, 3.8) is 0 Å². The van der Waals surface area contributed by atoms with Crippen LogP contribution in [0.25, 0.3) is 5.57 Å². The fourth-order valence-corrected chi connectivity index (χ4v) is 4.19. The molecular weight excluding hydrogens is 410 g/mol. The van der Waals surface area contributed by atoms with E-state index in [0.29, 0.717) is 36.7 Å². The van der Waals surface area contributed by atoms with Crippen molar-refractivity contribution >= 4 is 28.8 Å². The molecule has 3 atom stereocenters. The van der Waals surface area contributed by atoms with Crippen molar-refractivity contribution in [2.24, 2.45) is 0 Å². The van der Waals surface area contributed by atoms with E-state index in [4.69, 9.17) is 9.47 Å². The Hall–Kier alpha value is -3.52. The molecule has 3 aliphatic rings. The lowest BCUT2D eigenvalue weighted by molar-refractivity contribution is -0.127. The predicted octanol–water partition coefficient (Wildman–Crippen LogP) is 1.58. The van der Waals surface area contributed by atoms with Gasteiger partial charge in [-0.05, 0) is 31.5 Å². The number of aromatic nitrogens is 2. The molecule has 2 saturated heterocycles. The molecule has 3 aliphatic heterocycles. The molecule has 32 heavy (non-hydrogen) atoms. The quantitative estimate of drug-likeness (QED) is 0.616. The molecule has 0 saturated carbocycles. The van der Waals surface area contributed by atoms with E-state index in [1.165, 1.54) is 0 Å². The summed E-state index contributed by atoms with van der Waals surface area (Å²) in [7, 11) is 0. The van der Waals surface area contributed by atoms with Gasteiger partial charge in [-0.2, -0.15) is 5.26 Å². The summed E-state index contributed by atoms with van der Waals surface area (Å²) >= 11 is 0. The minimum absolute atomic E-state index is 0.112. The number of hydrogen-bond donors (Lipinski definition) is 3. The second-order valence-corrected chi connectivity index (χ2v) is 7.76. The lowest BCUT2D eigenvalue weighted by Gasteiger charge is -2.20. The zero-order valence-electron chi connectivity index (χ0n) is 17.8. The van der Waals surface area contributed by atoms with Gasteiger partial charge in [-0.25, -0.2) is 9.97 Å². The highest BCUT2D eigenvalue weighted by molar-refractivity contribution is 5.94. The summed E-state index contributed by atoms with van der Waals surface area (Å²) in [5, 5.41) is 19.3. The molecule has 0 aliphatic carbocycles. The number of nitriles is 1. The number of amides is 1. The molecule has 164 valence electrons. The number of rotatable bonds is 4. The lowest BCUT2D eigenvalue weighted by atomic mass is 10.1. The van der Waals surface area contributed by atoms with Crippen LogP contribution >= 0.6 is 0 Å². The largest absolute Gasteiger partial charge is 0.343 e. The van der Waals surface area contributed by atoms with Gasteiger partial charge in [0.2, 0.25) is 5.95 Å². The van der Waals surface area contributed by atoms with Gasteiger partial charge in [0.15, 0.2) is 12.4 Å². The third-order valence-corrected chi connectivity index (χ3v) is 5.70. The Balaban J connectivity index is 1.45. The zero-order valence-corrected chi connectivity index (χ0v) is 17.8. The van der Waals surface area contributed by atoms with Crippen LogP contribution < -0.4 is 20.9 Å². The first-order valence-electron chi connectivity index (χ1n) is 10.5. The van der Waals surface area contributed by atoms with E-state index in [9.17, 15) is 10.1 Å². The monoisotopic (exact) mass is 433 g/mol. The SMILES string of the molecule is CCN1/C(=C(\C#N)c2nc(NC(=O)[C@@H]3O[C@@H]4CNC[C@H]3O4)ncc2C)Nc2ccccc21. The Kier molecular flexibility index (Phi) is 5.22. The van der Waals surface area contributed by atoms with Crippen molar-refractivity contribution in [2.75, 3.05) is 35.2 Å². The Bertz CT molecular complexity index is 1140. The average molecular weight is 433 g/mol. The summed E-state index contributed by atoms with van der Waals surface area (Å²) < 4.78 is 11.3. The normalized spacial score (nSPS) is 25.0. The van der Waals surface area contributed by atoms with E-state index in [-0.39, 0.29) is 18.0 Å². The summed E-state index contributed by atoms with van der Waals surface area (Å²) in [5.74, 6) is 0.395. The third-order valence-electron chi connectivity index (χ3n) is 5.70. The van der Waals surface area contributed by atoms with Gasteiger partial charge in [0.25, 0.3) is 5.91 Å². The van der Waals surface area contributed by atoms with Crippen LogP contribution in [-0.4, -0.2) is 54.0 Å². The first-order chi connectivity index (χ1) is 15.6. The first-order valence-corrected chi connectivity index (χ1v) is 10.5. The van der Waals surface area contributed by atoms with Crippen LogP contribution in [0, 0.1) is 18.3 Å². The second kappa shape index (κ2) is 8.20. The Morgan fingerprint density at radius 2 is 2.19 bits per heavy atom. The van der Waals surface area contributed by atoms with Crippen molar-refractivity contribution in [2.45, 2.75) is 32.3 Å². The maximum absolute atomic E-state index is 12.8. The lowest BCUT2D eigenvalue weighted by Crippen LogP contribution is -2.43. The molecule has 3 N–H and O–H groups in total. The van der Waals surface area contributed by atoms with E-state index in [1.54, 1.807) is 6.20 Å². The van der Waals surface area contributed by atoms with E-state index in [0.717, 1.165) is 16.9 Å². The average Bonchev–Trinajstić information content (AvgIpc) is 3.32. The van der Waals surface area contributed by atoms with Crippen LogP contribution in [0.3, 0.4) is 0 Å². The minimum atomic E-state index is -0.737. The van der Waals surface area contributed by atoms with Crippen molar-refractivity contribution in [1.29, 1.82) is 5.26 Å². The molecule has 5 rings (SSSR count). The molecular formula is C22H23N7O3. The Morgan fingerprint density at radius 1 is 1.34 bits per heavy atom. The fraction of sp³-hybridized carbons (Fsp3) is 0.364. The maximum Gasteiger partial charge on any atom is 0.258 e. The summed E-state index contributed by atoms with van der Waals surface area (Å²) in [5.41, 5.74) is 3.47. The van der Waals surface area contributed by atoms with Gasteiger partial charge in [-0.15, -0.1) is 0 Å². The topological polar surface area (TPSA) is 124 Å². The van der Waals surface area contributed by atoms with Crippen LogP contribution in [0.5, 0.6) is 0 Å². The number of nitrogens with one attached hydrogen (secondary N) is 3. The van der Waals surface area contributed by atoms with Gasteiger partial charge in [-0.1, -0.05) is 12.1 Å². The van der Waals surface area contributed by atoms with Gasteiger partial charge in [0.05, 0.1) is 17.1 Å².